The van der Waals surface area contributed by atoms with Crippen LogP contribution in [0.3, 0.4) is 0 Å². The first-order valence-corrected chi connectivity index (χ1v) is 11.1. The molecule has 0 radical (unpaired) electrons. The van der Waals surface area contributed by atoms with E-state index in [2.05, 4.69) is 17.1 Å². The highest BCUT2D eigenvalue weighted by Gasteiger charge is 2.41. The van der Waals surface area contributed by atoms with Crippen LogP contribution in [0.25, 0.3) is 5.76 Å². The Labute approximate surface area is 198 Å². The van der Waals surface area contributed by atoms with Crippen LogP contribution in [0.4, 0.5) is 0 Å². The highest BCUT2D eigenvalue weighted by atomic mass is 16.7. The molecule has 1 aromatic heterocycles. The van der Waals surface area contributed by atoms with E-state index >= 15 is 0 Å². The zero-order chi connectivity index (χ0) is 23.5. The molecule has 0 saturated heterocycles. The van der Waals surface area contributed by atoms with E-state index in [9.17, 15) is 4.79 Å². The molecule has 0 bridgehead atoms. The molecule has 170 valence electrons. The fraction of sp³-hybridized carbons (Fsp3) is 0.143. The van der Waals surface area contributed by atoms with Crippen molar-refractivity contribution in [3.63, 3.8) is 0 Å². The summed E-state index contributed by atoms with van der Waals surface area (Å²) in [5.41, 5.74) is 3.42. The zero-order valence-electron chi connectivity index (χ0n) is 19.1. The fourth-order valence-corrected chi connectivity index (χ4v) is 4.23. The van der Waals surface area contributed by atoms with E-state index in [4.69, 9.17) is 9.57 Å². The number of ether oxygens (including phenoxy) is 1. The molecule has 6 nitrogen and oxygen atoms in total. The third-order valence-electron chi connectivity index (χ3n) is 5.93. The van der Waals surface area contributed by atoms with Crippen molar-refractivity contribution in [2.45, 2.75) is 12.6 Å². The van der Waals surface area contributed by atoms with Gasteiger partial charge >= 0.3 is 0 Å². The van der Waals surface area contributed by atoms with Gasteiger partial charge in [0.05, 0.1) is 19.2 Å². The van der Waals surface area contributed by atoms with Gasteiger partial charge in [-0.2, -0.15) is 0 Å². The van der Waals surface area contributed by atoms with Crippen molar-refractivity contribution in [3.8, 4) is 5.75 Å². The molecule has 5 rings (SSSR count). The number of hydrogen-bond acceptors (Lipinski definition) is 5. The number of carbonyl (C=O) groups is 1. The number of ketones is 1. The Morgan fingerprint density at radius 1 is 0.971 bits per heavy atom. The SMILES string of the molecule is COc1ccc(C2=C(C(=O)c3nccn3C)[C@@H](c3ccccc3)N(Cc3ccccc3)O2)cc1. The molecule has 0 unspecified atom stereocenters. The molecule has 1 aliphatic rings. The monoisotopic (exact) mass is 451 g/mol. The summed E-state index contributed by atoms with van der Waals surface area (Å²) in [4.78, 5) is 24.8. The van der Waals surface area contributed by atoms with Crippen LogP contribution in [0.5, 0.6) is 5.75 Å². The molecule has 2 heterocycles. The van der Waals surface area contributed by atoms with Crippen LogP contribution >= 0.6 is 0 Å². The predicted octanol–water partition coefficient (Wildman–Crippen LogP) is 5.21. The lowest BCUT2D eigenvalue weighted by Crippen LogP contribution is -2.26. The maximum Gasteiger partial charge on any atom is 0.230 e. The molecular weight excluding hydrogens is 426 g/mol. The molecule has 0 fully saturated rings. The molecule has 0 aliphatic carbocycles. The van der Waals surface area contributed by atoms with Crippen LogP contribution in [0.15, 0.2) is 103 Å². The van der Waals surface area contributed by atoms with Gasteiger partial charge in [-0.3, -0.25) is 4.79 Å². The van der Waals surface area contributed by atoms with Gasteiger partial charge in [0, 0.05) is 25.0 Å². The van der Waals surface area contributed by atoms with Crippen LogP contribution < -0.4 is 4.74 Å². The lowest BCUT2D eigenvalue weighted by atomic mass is 9.92. The van der Waals surface area contributed by atoms with E-state index in [-0.39, 0.29) is 5.78 Å². The third kappa shape index (κ3) is 4.11. The summed E-state index contributed by atoms with van der Waals surface area (Å²) in [6.45, 7) is 0.511. The van der Waals surface area contributed by atoms with Gasteiger partial charge in [-0.15, -0.1) is 5.06 Å². The van der Waals surface area contributed by atoms with Crippen molar-refractivity contribution in [2.75, 3.05) is 7.11 Å². The van der Waals surface area contributed by atoms with E-state index < -0.39 is 6.04 Å². The van der Waals surface area contributed by atoms with Crippen LogP contribution in [-0.4, -0.2) is 27.5 Å². The molecule has 3 aromatic carbocycles. The molecule has 6 heteroatoms. The molecule has 0 spiro atoms. The Hall–Kier alpha value is -4.16. The van der Waals surface area contributed by atoms with Gasteiger partial charge in [-0.25, -0.2) is 4.98 Å². The summed E-state index contributed by atoms with van der Waals surface area (Å²) in [5.74, 6) is 1.47. The topological polar surface area (TPSA) is 56.6 Å². The predicted molar refractivity (Wildman–Crippen MR) is 130 cm³/mol. The second-order valence-corrected chi connectivity index (χ2v) is 8.13. The van der Waals surface area contributed by atoms with Crippen LogP contribution in [0.2, 0.25) is 0 Å². The van der Waals surface area contributed by atoms with Crippen molar-refractivity contribution < 1.29 is 14.4 Å². The Morgan fingerprint density at radius 3 is 2.26 bits per heavy atom. The minimum absolute atomic E-state index is 0.164. The number of rotatable bonds is 7. The van der Waals surface area contributed by atoms with Gasteiger partial charge in [0.15, 0.2) is 11.6 Å². The summed E-state index contributed by atoms with van der Waals surface area (Å²) < 4.78 is 7.06. The first-order chi connectivity index (χ1) is 16.7. The molecule has 0 saturated carbocycles. The minimum atomic E-state index is -0.400. The van der Waals surface area contributed by atoms with Gasteiger partial charge in [-0.05, 0) is 35.4 Å². The summed E-state index contributed by atoms with van der Waals surface area (Å²) in [6.07, 6.45) is 3.41. The number of aryl methyl sites for hydroxylation is 1. The summed E-state index contributed by atoms with van der Waals surface area (Å²) >= 11 is 0. The maximum absolute atomic E-state index is 13.9. The summed E-state index contributed by atoms with van der Waals surface area (Å²) in [5, 5.41) is 1.88. The average Bonchev–Trinajstić information content (AvgIpc) is 3.48. The van der Waals surface area contributed by atoms with Gasteiger partial charge < -0.3 is 14.1 Å². The summed E-state index contributed by atoms with van der Waals surface area (Å²) in [6, 6.07) is 27.2. The van der Waals surface area contributed by atoms with Gasteiger partial charge in [0.2, 0.25) is 5.78 Å². The largest absolute Gasteiger partial charge is 0.497 e. The summed E-state index contributed by atoms with van der Waals surface area (Å²) in [7, 11) is 3.45. The van der Waals surface area contributed by atoms with E-state index in [1.54, 1.807) is 24.1 Å². The van der Waals surface area contributed by atoms with Gasteiger partial charge in [0.1, 0.15) is 11.8 Å². The van der Waals surface area contributed by atoms with E-state index in [0.717, 1.165) is 22.4 Å². The first-order valence-electron chi connectivity index (χ1n) is 11.1. The molecule has 1 atom stereocenters. The molecular formula is C28H25N3O3. The number of benzene rings is 3. The number of hydrogen-bond donors (Lipinski definition) is 0. The highest BCUT2D eigenvalue weighted by molar-refractivity contribution is 6.12. The average molecular weight is 452 g/mol. The van der Waals surface area contributed by atoms with Crippen molar-refractivity contribution >= 4 is 11.5 Å². The smallest absolute Gasteiger partial charge is 0.230 e. The Kier molecular flexibility index (Phi) is 5.97. The second-order valence-electron chi connectivity index (χ2n) is 8.13. The molecule has 4 aromatic rings. The van der Waals surface area contributed by atoms with E-state index in [0.29, 0.717) is 23.7 Å². The van der Waals surface area contributed by atoms with Crippen molar-refractivity contribution in [1.29, 1.82) is 0 Å². The minimum Gasteiger partial charge on any atom is -0.497 e. The van der Waals surface area contributed by atoms with Crippen LogP contribution in [-0.2, 0) is 18.4 Å². The molecule has 1 aliphatic heterocycles. The Balaban J connectivity index is 1.67. The van der Waals surface area contributed by atoms with E-state index in [1.807, 2.05) is 84.9 Å². The van der Waals surface area contributed by atoms with Gasteiger partial charge in [0.25, 0.3) is 0 Å². The Morgan fingerprint density at radius 2 is 1.65 bits per heavy atom. The number of carbonyl (C=O) groups excluding carboxylic acids is 1. The standard InChI is InChI=1S/C28H25N3O3/c1-30-18-17-29-28(30)26(32)24-25(21-11-7-4-8-12-21)31(19-20-9-5-3-6-10-20)34-27(24)22-13-15-23(33-2)16-14-22/h3-18,25H,19H2,1-2H3/t25-/m1/s1. The van der Waals surface area contributed by atoms with Crippen molar-refractivity contribution in [1.82, 2.24) is 14.6 Å². The fourth-order valence-electron chi connectivity index (χ4n) is 4.23. The number of nitrogens with zero attached hydrogens (tertiary/aromatic N) is 3. The van der Waals surface area contributed by atoms with Gasteiger partial charge in [-0.1, -0.05) is 60.7 Å². The van der Waals surface area contributed by atoms with Crippen molar-refractivity contribution in [3.05, 3.63) is 125 Å². The van der Waals surface area contributed by atoms with Crippen molar-refractivity contribution in [2.24, 2.45) is 7.05 Å². The molecule has 0 N–H and O–H groups in total. The number of imidazole rings is 1. The van der Waals surface area contributed by atoms with Crippen LogP contribution in [0.1, 0.15) is 33.4 Å². The van der Waals surface area contributed by atoms with Crippen LogP contribution in [0, 0.1) is 0 Å². The highest BCUT2D eigenvalue weighted by Crippen LogP contribution is 2.44. The number of aromatic nitrogens is 2. The maximum atomic E-state index is 13.9. The quantitative estimate of drug-likeness (QED) is 0.361. The van der Waals surface area contributed by atoms with E-state index in [1.165, 1.54) is 0 Å². The number of methoxy groups -OCH3 is 1. The normalized spacial score (nSPS) is 15.9. The number of hydroxylamine groups is 2. The number of Topliss-reactive ketones (excluding diaryl/α,β-unsaturated/α-hetero) is 1. The lowest BCUT2D eigenvalue weighted by Gasteiger charge is -2.25. The lowest BCUT2D eigenvalue weighted by molar-refractivity contribution is -0.102. The third-order valence-corrected chi connectivity index (χ3v) is 5.93. The Bertz CT molecular complexity index is 1310. The second kappa shape index (κ2) is 9.37. The molecule has 34 heavy (non-hydrogen) atoms. The first kappa shape index (κ1) is 21.7. The molecule has 0 amide bonds. The zero-order valence-corrected chi connectivity index (χ0v) is 19.1.